The van der Waals surface area contributed by atoms with Gasteiger partial charge in [-0.25, -0.2) is 9.78 Å². The summed E-state index contributed by atoms with van der Waals surface area (Å²) in [7, 11) is 0. The van der Waals surface area contributed by atoms with E-state index in [-0.39, 0.29) is 11.5 Å². The first-order valence-corrected chi connectivity index (χ1v) is 9.85. The number of hydrogen-bond acceptors (Lipinski definition) is 4. The fraction of sp³-hybridized carbons (Fsp3) is 0.0909. The highest BCUT2D eigenvalue weighted by Crippen LogP contribution is 2.24. The molecule has 0 aliphatic carbocycles. The van der Waals surface area contributed by atoms with Gasteiger partial charge in [-0.15, -0.1) is 0 Å². The summed E-state index contributed by atoms with van der Waals surface area (Å²) >= 11 is 5.89. The summed E-state index contributed by atoms with van der Waals surface area (Å²) in [5, 5.41) is 10.6. The van der Waals surface area contributed by atoms with Gasteiger partial charge in [0, 0.05) is 33.6 Å². The molecule has 0 saturated heterocycles. The number of H-pyrrole nitrogens is 1. The van der Waals surface area contributed by atoms with Crippen LogP contribution in [-0.4, -0.2) is 25.8 Å². The van der Waals surface area contributed by atoms with E-state index in [4.69, 9.17) is 11.6 Å². The van der Waals surface area contributed by atoms with Crippen LogP contribution in [0.1, 0.15) is 11.3 Å². The van der Waals surface area contributed by atoms with Gasteiger partial charge in [0.15, 0.2) is 0 Å². The first kappa shape index (κ1) is 20.4. The van der Waals surface area contributed by atoms with E-state index in [1.807, 2.05) is 30.3 Å². The number of carbonyl (C=O) groups is 1. The van der Waals surface area contributed by atoms with E-state index in [1.165, 1.54) is 4.68 Å². The van der Waals surface area contributed by atoms with Crippen molar-refractivity contribution >= 4 is 29.1 Å². The molecule has 0 spiro atoms. The number of aromatic amines is 1. The van der Waals surface area contributed by atoms with Crippen molar-refractivity contribution in [1.29, 1.82) is 0 Å². The predicted octanol–water partition coefficient (Wildman–Crippen LogP) is 4.54. The topological polar surface area (TPSA) is 105 Å². The number of nitrogens with one attached hydrogen (secondary N) is 3. The minimum atomic E-state index is -0.478. The largest absolute Gasteiger partial charge is 0.324 e. The summed E-state index contributed by atoms with van der Waals surface area (Å²) in [5.74, 6) is 0.550. The van der Waals surface area contributed by atoms with Crippen molar-refractivity contribution < 1.29 is 4.79 Å². The van der Waals surface area contributed by atoms with E-state index in [9.17, 15) is 9.59 Å². The summed E-state index contributed by atoms with van der Waals surface area (Å²) in [4.78, 5) is 32.0. The molecule has 0 bridgehead atoms. The normalized spacial score (nSPS) is 10.7. The van der Waals surface area contributed by atoms with Gasteiger partial charge in [0.25, 0.3) is 5.56 Å². The van der Waals surface area contributed by atoms with E-state index in [2.05, 4.69) is 25.7 Å². The van der Waals surface area contributed by atoms with Crippen LogP contribution < -0.4 is 16.2 Å². The SMILES string of the molecule is Cc1nc(-n2nc(-c3ccccc3)cc2NC(=O)Nc2ccc(Cl)cc2)[nH]c(=O)c1C. The highest BCUT2D eigenvalue weighted by molar-refractivity contribution is 6.30. The lowest BCUT2D eigenvalue weighted by molar-refractivity contribution is 0.262. The Morgan fingerprint density at radius 2 is 1.74 bits per heavy atom. The molecule has 31 heavy (non-hydrogen) atoms. The van der Waals surface area contributed by atoms with E-state index in [0.717, 1.165) is 5.56 Å². The van der Waals surface area contributed by atoms with Gasteiger partial charge in [-0.05, 0) is 38.1 Å². The molecule has 3 N–H and O–H groups in total. The molecule has 0 aliphatic heterocycles. The fourth-order valence-corrected chi connectivity index (χ4v) is 3.05. The summed E-state index contributed by atoms with van der Waals surface area (Å²) in [5.41, 5.74) is 2.88. The summed E-state index contributed by atoms with van der Waals surface area (Å²) in [6.45, 7) is 3.44. The van der Waals surface area contributed by atoms with Crippen molar-refractivity contribution in [1.82, 2.24) is 19.7 Å². The molecule has 0 fully saturated rings. The van der Waals surface area contributed by atoms with E-state index in [0.29, 0.717) is 33.5 Å². The molecule has 0 radical (unpaired) electrons. The molecule has 0 atom stereocenters. The third-order valence-electron chi connectivity index (χ3n) is 4.71. The molecular formula is C22H19ClN6O2. The van der Waals surface area contributed by atoms with Crippen LogP contribution in [0.4, 0.5) is 16.3 Å². The molecule has 9 heteroatoms. The lowest BCUT2D eigenvalue weighted by atomic mass is 10.2. The zero-order valence-corrected chi connectivity index (χ0v) is 17.6. The molecular weight excluding hydrogens is 416 g/mol. The molecule has 2 aromatic carbocycles. The molecule has 2 heterocycles. The minimum absolute atomic E-state index is 0.206. The van der Waals surface area contributed by atoms with Crippen molar-refractivity contribution in [2.75, 3.05) is 10.6 Å². The molecule has 2 amide bonds. The Labute approximate surface area is 182 Å². The maximum Gasteiger partial charge on any atom is 0.324 e. The smallest absolute Gasteiger partial charge is 0.308 e. The number of amides is 2. The second-order valence-electron chi connectivity index (χ2n) is 6.88. The third-order valence-corrected chi connectivity index (χ3v) is 4.96. The van der Waals surface area contributed by atoms with Crippen LogP contribution in [0.15, 0.2) is 65.5 Å². The Morgan fingerprint density at radius 1 is 1.03 bits per heavy atom. The zero-order valence-electron chi connectivity index (χ0n) is 16.8. The first-order valence-electron chi connectivity index (χ1n) is 9.47. The highest BCUT2D eigenvalue weighted by atomic mass is 35.5. The lowest BCUT2D eigenvalue weighted by Gasteiger charge is -2.10. The number of rotatable bonds is 4. The zero-order chi connectivity index (χ0) is 22.0. The van der Waals surface area contributed by atoms with Crippen molar-refractivity contribution in [3.05, 3.63) is 87.3 Å². The molecule has 156 valence electrons. The Hall–Kier alpha value is -3.91. The minimum Gasteiger partial charge on any atom is -0.308 e. The Bertz CT molecular complexity index is 1300. The maximum atomic E-state index is 12.6. The van der Waals surface area contributed by atoms with Crippen molar-refractivity contribution in [2.45, 2.75) is 13.8 Å². The lowest BCUT2D eigenvalue weighted by Crippen LogP contribution is -2.23. The monoisotopic (exact) mass is 434 g/mol. The second kappa shape index (κ2) is 8.45. The number of anilines is 2. The van der Waals surface area contributed by atoms with Gasteiger partial charge in [-0.2, -0.15) is 9.78 Å². The fourth-order valence-electron chi connectivity index (χ4n) is 2.92. The first-order chi connectivity index (χ1) is 14.9. The van der Waals surface area contributed by atoms with E-state index in [1.54, 1.807) is 44.2 Å². The van der Waals surface area contributed by atoms with Gasteiger partial charge >= 0.3 is 6.03 Å². The number of hydrogen-bond donors (Lipinski definition) is 3. The Kier molecular flexibility index (Phi) is 5.55. The van der Waals surface area contributed by atoms with Gasteiger partial charge in [-0.3, -0.25) is 15.1 Å². The van der Waals surface area contributed by atoms with Crippen LogP contribution in [0.3, 0.4) is 0 Å². The third kappa shape index (κ3) is 4.49. The quantitative estimate of drug-likeness (QED) is 0.438. The number of nitrogens with zero attached hydrogens (tertiary/aromatic N) is 3. The molecule has 0 aliphatic rings. The summed E-state index contributed by atoms with van der Waals surface area (Å²) in [6.07, 6.45) is 0. The number of benzene rings is 2. The Balaban J connectivity index is 1.71. The standard InChI is InChI=1S/C22H19ClN6O2/c1-13-14(2)24-21(27-20(13)30)29-19(12-18(28-29)15-6-4-3-5-7-15)26-22(31)25-17-10-8-16(23)9-11-17/h3-12H,1-2H3,(H,24,27,30)(H2,25,26,31). The van der Waals surface area contributed by atoms with E-state index >= 15 is 0 Å². The number of urea groups is 1. The van der Waals surface area contributed by atoms with Crippen LogP contribution in [0.5, 0.6) is 0 Å². The Morgan fingerprint density at radius 3 is 2.42 bits per heavy atom. The van der Waals surface area contributed by atoms with Crippen LogP contribution in [0.25, 0.3) is 17.2 Å². The van der Waals surface area contributed by atoms with Crippen LogP contribution >= 0.6 is 11.6 Å². The van der Waals surface area contributed by atoms with Gasteiger partial charge in [0.2, 0.25) is 5.95 Å². The number of aromatic nitrogens is 4. The molecule has 2 aromatic heterocycles. The molecule has 4 rings (SSSR count). The van der Waals surface area contributed by atoms with Crippen molar-refractivity contribution in [3.63, 3.8) is 0 Å². The van der Waals surface area contributed by atoms with Crippen molar-refractivity contribution in [2.24, 2.45) is 0 Å². The molecule has 4 aromatic rings. The molecule has 0 saturated carbocycles. The van der Waals surface area contributed by atoms with Gasteiger partial charge in [-0.1, -0.05) is 41.9 Å². The average molecular weight is 435 g/mol. The van der Waals surface area contributed by atoms with E-state index < -0.39 is 6.03 Å². The highest BCUT2D eigenvalue weighted by Gasteiger charge is 2.16. The average Bonchev–Trinajstić information content (AvgIpc) is 3.17. The summed E-state index contributed by atoms with van der Waals surface area (Å²) < 4.78 is 1.40. The number of aryl methyl sites for hydroxylation is 1. The predicted molar refractivity (Wildman–Crippen MR) is 121 cm³/mol. The number of halogens is 1. The van der Waals surface area contributed by atoms with Crippen molar-refractivity contribution in [3.8, 4) is 17.2 Å². The molecule has 8 nitrogen and oxygen atoms in total. The van der Waals surface area contributed by atoms with Crippen LogP contribution in [0.2, 0.25) is 5.02 Å². The summed E-state index contributed by atoms with van der Waals surface area (Å²) in [6, 6.07) is 17.5. The molecule has 0 unspecified atom stereocenters. The van der Waals surface area contributed by atoms with Crippen LogP contribution in [0, 0.1) is 13.8 Å². The maximum absolute atomic E-state index is 12.6. The van der Waals surface area contributed by atoms with Gasteiger partial charge in [0.05, 0.1) is 5.69 Å². The number of carbonyl (C=O) groups excluding carboxylic acids is 1. The van der Waals surface area contributed by atoms with Gasteiger partial charge in [0.1, 0.15) is 5.82 Å². The second-order valence-corrected chi connectivity index (χ2v) is 7.32. The van der Waals surface area contributed by atoms with Gasteiger partial charge < -0.3 is 5.32 Å². The van der Waals surface area contributed by atoms with Crippen LogP contribution in [-0.2, 0) is 0 Å².